The van der Waals surface area contributed by atoms with Crippen molar-refractivity contribution in [3.63, 3.8) is 0 Å². The second kappa shape index (κ2) is 11.0. The highest BCUT2D eigenvalue weighted by molar-refractivity contribution is 8.00. The van der Waals surface area contributed by atoms with Crippen molar-refractivity contribution in [1.82, 2.24) is 19.7 Å². The Hall–Kier alpha value is -2.35. The van der Waals surface area contributed by atoms with Gasteiger partial charge in [-0.15, -0.1) is 10.2 Å². The van der Waals surface area contributed by atoms with Gasteiger partial charge in [-0.1, -0.05) is 65.8 Å². The maximum absolute atomic E-state index is 13.5. The minimum atomic E-state index is -0.376. The molecule has 1 aliphatic rings. The first-order valence-corrected chi connectivity index (χ1v) is 12.1. The van der Waals surface area contributed by atoms with Gasteiger partial charge in [0.15, 0.2) is 11.0 Å². The SMILES string of the molecule is COCCCn1c(SC(C(=O)N2CCCC2)c2ccccc2)nnc1-c1ccccc1Cl. The molecule has 3 aromatic rings. The van der Waals surface area contributed by atoms with Crippen molar-refractivity contribution >= 4 is 29.3 Å². The van der Waals surface area contributed by atoms with Crippen molar-refractivity contribution in [3.05, 3.63) is 65.2 Å². The maximum atomic E-state index is 13.5. The summed E-state index contributed by atoms with van der Waals surface area (Å²) in [4.78, 5) is 15.4. The molecule has 0 saturated carbocycles. The molecule has 168 valence electrons. The smallest absolute Gasteiger partial charge is 0.240 e. The van der Waals surface area contributed by atoms with Crippen molar-refractivity contribution in [3.8, 4) is 11.4 Å². The maximum Gasteiger partial charge on any atom is 0.240 e. The van der Waals surface area contributed by atoms with Crippen molar-refractivity contribution in [2.45, 2.75) is 36.2 Å². The van der Waals surface area contributed by atoms with E-state index in [0.717, 1.165) is 43.5 Å². The molecule has 4 rings (SSSR count). The molecule has 1 amide bonds. The van der Waals surface area contributed by atoms with E-state index in [1.807, 2.05) is 59.5 Å². The summed E-state index contributed by atoms with van der Waals surface area (Å²) in [5.74, 6) is 0.832. The van der Waals surface area contributed by atoms with Crippen LogP contribution in [0, 0.1) is 0 Å². The molecule has 1 atom stereocenters. The first-order chi connectivity index (χ1) is 15.7. The van der Waals surface area contributed by atoms with E-state index >= 15 is 0 Å². The van der Waals surface area contributed by atoms with Gasteiger partial charge in [0.1, 0.15) is 5.25 Å². The number of amides is 1. The third-order valence-corrected chi connectivity index (χ3v) is 7.08. The van der Waals surface area contributed by atoms with Gasteiger partial charge in [-0.05, 0) is 37.0 Å². The van der Waals surface area contributed by atoms with Crippen molar-refractivity contribution in [1.29, 1.82) is 0 Å². The average Bonchev–Trinajstić information content (AvgIpc) is 3.49. The number of aromatic nitrogens is 3. The first kappa shape index (κ1) is 22.8. The fourth-order valence-corrected chi connectivity index (χ4v) is 5.25. The number of halogens is 1. The monoisotopic (exact) mass is 470 g/mol. The molecule has 1 fully saturated rings. The third kappa shape index (κ3) is 5.17. The Morgan fingerprint density at radius 3 is 2.53 bits per heavy atom. The third-order valence-electron chi connectivity index (χ3n) is 5.53. The molecule has 0 radical (unpaired) electrons. The molecule has 0 aliphatic carbocycles. The van der Waals surface area contributed by atoms with Crippen LogP contribution in [0.25, 0.3) is 11.4 Å². The zero-order chi connectivity index (χ0) is 22.3. The van der Waals surface area contributed by atoms with E-state index in [1.165, 1.54) is 11.8 Å². The summed E-state index contributed by atoms with van der Waals surface area (Å²) in [5.41, 5.74) is 1.80. The van der Waals surface area contributed by atoms with E-state index in [-0.39, 0.29) is 11.2 Å². The highest BCUT2D eigenvalue weighted by atomic mass is 35.5. The minimum absolute atomic E-state index is 0.129. The highest BCUT2D eigenvalue weighted by Crippen LogP contribution is 2.38. The number of benzene rings is 2. The number of nitrogens with zero attached hydrogens (tertiary/aromatic N) is 4. The van der Waals surface area contributed by atoms with Crippen LogP contribution in [0.1, 0.15) is 30.1 Å². The predicted molar refractivity (Wildman–Crippen MR) is 128 cm³/mol. The number of rotatable bonds is 9. The number of ether oxygens (including phenoxy) is 1. The van der Waals surface area contributed by atoms with Gasteiger partial charge in [0.05, 0.1) is 5.02 Å². The topological polar surface area (TPSA) is 60.2 Å². The second-order valence-electron chi connectivity index (χ2n) is 7.72. The summed E-state index contributed by atoms with van der Waals surface area (Å²) in [6, 6.07) is 17.5. The Morgan fingerprint density at radius 1 is 1.09 bits per heavy atom. The number of hydrogen-bond donors (Lipinski definition) is 0. The lowest BCUT2D eigenvalue weighted by Gasteiger charge is -2.23. The van der Waals surface area contributed by atoms with Crippen LogP contribution in [0.3, 0.4) is 0 Å². The van der Waals surface area contributed by atoms with Gasteiger partial charge in [-0.3, -0.25) is 4.79 Å². The first-order valence-electron chi connectivity index (χ1n) is 10.9. The molecule has 32 heavy (non-hydrogen) atoms. The molecule has 0 bridgehead atoms. The van der Waals surface area contributed by atoms with Crippen LogP contribution < -0.4 is 0 Å². The quantitative estimate of drug-likeness (QED) is 0.322. The average molecular weight is 471 g/mol. The van der Waals surface area contributed by atoms with Gasteiger partial charge in [0.25, 0.3) is 0 Å². The molecule has 1 aromatic heterocycles. The fraction of sp³-hybridized carbons (Fsp3) is 0.375. The normalized spacial score (nSPS) is 14.6. The Morgan fingerprint density at radius 2 is 1.81 bits per heavy atom. The van der Waals surface area contributed by atoms with Crippen molar-refractivity contribution in [2.75, 3.05) is 26.8 Å². The van der Waals surface area contributed by atoms with E-state index in [1.54, 1.807) is 7.11 Å². The number of thioether (sulfide) groups is 1. The van der Waals surface area contributed by atoms with Gasteiger partial charge in [-0.25, -0.2) is 0 Å². The van der Waals surface area contributed by atoms with Gasteiger partial charge in [0, 0.05) is 38.9 Å². The van der Waals surface area contributed by atoms with Crippen molar-refractivity contribution < 1.29 is 9.53 Å². The predicted octanol–water partition coefficient (Wildman–Crippen LogP) is 5.09. The molecule has 2 heterocycles. The van der Waals surface area contributed by atoms with Crippen molar-refractivity contribution in [2.24, 2.45) is 0 Å². The zero-order valence-corrected chi connectivity index (χ0v) is 19.7. The Balaban J connectivity index is 1.69. The van der Waals surface area contributed by atoms with Gasteiger partial charge in [-0.2, -0.15) is 0 Å². The second-order valence-corrected chi connectivity index (χ2v) is 9.20. The molecular formula is C24H27ClN4O2S. The largest absolute Gasteiger partial charge is 0.385 e. The summed E-state index contributed by atoms with van der Waals surface area (Å²) in [6.45, 7) is 2.92. The van der Waals surface area contributed by atoms with Crippen LogP contribution in [0.2, 0.25) is 5.02 Å². The standard InChI is InChI=1S/C24H27ClN4O2S/c1-31-17-9-16-29-22(19-12-5-6-13-20(19)25)26-27-24(29)32-21(18-10-3-2-4-11-18)23(30)28-14-7-8-15-28/h2-6,10-13,21H,7-9,14-17H2,1H3. The van der Waals surface area contributed by atoms with Crippen LogP contribution in [-0.4, -0.2) is 52.4 Å². The number of hydrogen-bond acceptors (Lipinski definition) is 5. The van der Waals surface area contributed by atoms with E-state index in [0.29, 0.717) is 29.2 Å². The Bertz CT molecular complexity index is 1040. The molecular weight excluding hydrogens is 444 g/mol. The van der Waals surface area contributed by atoms with Crippen LogP contribution in [0.4, 0.5) is 0 Å². The zero-order valence-electron chi connectivity index (χ0n) is 18.1. The van der Waals surface area contributed by atoms with Crippen LogP contribution >= 0.6 is 23.4 Å². The summed E-state index contributed by atoms with van der Waals surface area (Å²) in [5, 5.41) is 9.92. The molecule has 1 aliphatic heterocycles. The number of methoxy groups -OCH3 is 1. The molecule has 6 nitrogen and oxygen atoms in total. The Kier molecular flexibility index (Phi) is 7.84. The van der Waals surface area contributed by atoms with Gasteiger partial charge < -0.3 is 14.2 Å². The fourth-order valence-electron chi connectivity index (χ4n) is 3.88. The van der Waals surface area contributed by atoms with Gasteiger partial charge >= 0.3 is 0 Å². The lowest BCUT2D eigenvalue weighted by Crippen LogP contribution is -2.31. The molecule has 0 N–H and O–H groups in total. The number of carbonyl (C=O) groups excluding carboxylic acids is 1. The lowest BCUT2D eigenvalue weighted by molar-refractivity contribution is -0.129. The summed E-state index contributed by atoms with van der Waals surface area (Å²) in [6.07, 6.45) is 2.92. The van der Waals surface area contributed by atoms with E-state index in [9.17, 15) is 4.79 Å². The Labute approximate surface area is 197 Å². The minimum Gasteiger partial charge on any atom is -0.385 e. The van der Waals surface area contributed by atoms with Crippen LogP contribution in [0.5, 0.6) is 0 Å². The lowest BCUT2D eigenvalue weighted by atomic mass is 10.1. The highest BCUT2D eigenvalue weighted by Gasteiger charge is 2.31. The van der Waals surface area contributed by atoms with Crippen LogP contribution in [-0.2, 0) is 16.1 Å². The summed E-state index contributed by atoms with van der Waals surface area (Å²) >= 11 is 7.92. The number of carbonyl (C=O) groups is 1. The van der Waals surface area contributed by atoms with E-state index < -0.39 is 0 Å². The van der Waals surface area contributed by atoms with E-state index in [2.05, 4.69) is 14.8 Å². The summed E-state index contributed by atoms with van der Waals surface area (Å²) < 4.78 is 7.31. The van der Waals surface area contributed by atoms with E-state index in [4.69, 9.17) is 16.3 Å². The molecule has 8 heteroatoms. The molecule has 1 unspecified atom stereocenters. The summed E-state index contributed by atoms with van der Waals surface area (Å²) in [7, 11) is 1.69. The van der Waals surface area contributed by atoms with Crippen LogP contribution in [0.15, 0.2) is 59.8 Å². The van der Waals surface area contributed by atoms with Gasteiger partial charge in [0.2, 0.25) is 5.91 Å². The molecule has 2 aromatic carbocycles. The molecule has 0 spiro atoms. The number of likely N-dealkylation sites (tertiary alicyclic amines) is 1. The molecule has 1 saturated heterocycles.